The van der Waals surface area contributed by atoms with Crippen molar-refractivity contribution < 1.29 is 25.2 Å². The van der Waals surface area contributed by atoms with Gasteiger partial charge >= 0.3 is 0 Å². The third-order valence-corrected chi connectivity index (χ3v) is 12.7. The van der Waals surface area contributed by atoms with Gasteiger partial charge in [0.05, 0.1) is 18.8 Å². The first kappa shape index (κ1) is 61.3. The molecule has 0 aromatic heterocycles. The van der Waals surface area contributed by atoms with Gasteiger partial charge in [0.15, 0.2) is 0 Å². The van der Waals surface area contributed by atoms with Gasteiger partial charge in [-0.05, 0) is 83.5 Å². The van der Waals surface area contributed by atoms with Crippen LogP contribution >= 0.6 is 0 Å². The lowest BCUT2D eigenvalue weighted by Crippen LogP contribution is -2.53. The maximum absolute atomic E-state index is 12.6. The van der Waals surface area contributed by atoms with Gasteiger partial charge in [0.25, 0.3) is 0 Å². The molecule has 0 spiro atoms. The Hall–Kier alpha value is -1.73. The molecule has 6 nitrogen and oxygen atoms in total. The third-order valence-electron chi connectivity index (χ3n) is 12.7. The standard InChI is InChI=1S/C57H107NO5/c1-3-5-7-9-11-13-15-17-19-21-23-25-27-29-31-33-35-37-39-41-43-45-47-49-51-55(61)57(63)58-53(52-59)56(62)54(60)50-48-46-44-42-40-38-36-34-32-30-28-26-24-22-20-18-16-14-12-10-8-6-4-2/h23,25,29,31,34,36,42,44,53-56,59-62H,3-22,24,26-28,30,32-33,35,37-41,43,45-52H2,1-2H3,(H,58,63)/b25-23-,31-29-,36-34+,44-42+. The van der Waals surface area contributed by atoms with E-state index in [-0.39, 0.29) is 0 Å². The summed E-state index contributed by atoms with van der Waals surface area (Å²) < 4.78 is 0. The van der Waals surface area contributed by atoms with E-state index >= 15 is 0 Å². The van der Waals surface area contributed by atoms with Crippen molar-refractivity contribution in [1.29, 1.82) is 0 Å². The molecule has 0 aromatic rings. The van der Waals surface area contributed by atoms with Crippen molar-refractivity contribution in [3.05, 3.63) is 48.6 Å². The molecule has 0 bridgehead atoms. The largest absolute Gasteiger partial charge is 0.394 e. The van der Waals surface area contributed by atoms with E-state index in [1.54, 1.807) is 0 Å². The second-order valence-corrected chi connectivity index (χ2v) is 18.9. The Kier molecular flexibility index (Phi) is 49.8. The number of amides is 1. The lowest BCUT2D eigenvalue weighted by molar-refractivity contribution is -0.132. The maximum atomic E-state index is 12.6. The van der Waals surface area contributed by atoms with Crippen molar-refractivity contribution >= 4 is 5.91 Å². The Morgan fingerprint density at radius 1 is 0.397 bits per heavy atom. The fraction of sp³-hybridized carbons (Fsp3) is 0.842. The first-order chi connectivity index (χ1) is 31.0. The van der Waals surface area contributed by atoms with Crippen molar-refractivity contribution in [3.63, 3.8) is 0 Å². The lowest BCUT2D eigenvalue weighted by atomic mass is 10.00. The second-order valence-electron chi connectivity index (χ2n) is 18.9. The molecule has 370 valence electrons. The zero-order chi connectivity index (χ0) is 45.9. The highest BCUT2D eigenvalue weighted by atomic mass is 16.3. The molecule has 4 unspecified atom stereocenters. The van der Waals surface area contributed by atoms with E-state index in [9.17, 15) is 25.2 Å². The van der Waals surface area contributed by atoms with Crippen LogP contribution in [-0.4, -0.2) is 57.3 Å². The van der Waals surface area contributed by atoms with Gasteiger partial charge in [-0.25, -0.2) is 0 Å². The highest BCUT2D eigenvalue weighted by Gasteiger charge is 2.28. The predicted molar refractivity (Wildman–Crippen MR) is 274 cm³/mol. The molecule has 0 aliphatic carbocycles. The number of allylic oxidation sites excluding steroid dienone is 8. The van der Waals surface area contributed by atoms with Crippen molar-refractivity contribution in [1.82, 2.24) is 5.32 Å². The van der Waals surface area contributed by atoms with Gasteiger partial charge < -0.3 is 25.7 Å². The molecule has 0 rings (SSSR count). The quantitative estimate of drug-likeness (QED) is 0.0309. The average molecular weight is 886 g/mol. The Labute approximate surface area is 391 Å². The molecule has 0 saturated heterocycles. The van der Waals surface area contributed by atoms with Crippen molar-refractivity contribution in [2.24, 2.45) is 0 Å². The van der Waals surface area contributed by atoms with Crippen LogP contribution in [-0.2, 0) is 4.79 Å². The highest BCUT2D eigenvalue weighted by molar-refractivity contribution is 5.80. The first-order valence-electron chi connectivity index (χ1n) is 27.5. The van der Waals surface area contributed by atoms with Gasteiger partial charge in [-0.1, -0.05) is 242 Å². The number of aliphatic hydroxyl groups excluding tert-OH is 4. The number of carbonyl (C=O) groups is 1. The minimum absolute atomic E-state index is 0.352. The minimum Gasteiger partial charge on any atom is -0.394 e. The predicted octanol–water partition coefficient (Wildman–Crippen LogP) is 15.8. The van der Waals surface area contributed by atoms with Crippen LogP contribution in [0.4, 0.5) is 0 Å². The Balaban J connectivity index is 3.73. The molecule has 5 N–H and O–H groups in total. The van der Waals surface area contributed by atoms with Crippen molar-refractivity contribution in [2.75, 3.05) is 6.61 Å². The summed E-state index contributed by atoms with van der Waals surface area (Å²) in [6.07, 6.45) is 64.6. The van der Waals surface area contributed by atoms with E-state index in [2.05, 4.69) is 67.8 Å². The van der Waals surface area contributed by atoms with Gasteiger partial charge in [-0.3, -0.25) is 4.79 Å². The van der Waals surface area contributed by atoms with Crippen LogP contribution in [0, 0.1) is 0 Å². The summed E-state index contributed by atoms with van der Waals surface area (Å²) in [5.41, 5.74) is 0. The van der Waals surface area contributed by atoms with Crippen molar-refractivity contribution in [2.45, 2.75) is 301 Å². The summed E-state index contributed by atoms with van der Waals surface area (Å²) in [5.74, 6) is -0.601. The van der Waals surface area contributed by atoms with Crippen LogP contribution in [0.25, 0.3) is 0 Å². The van der Waals surface area contributed by atoms with Gasteiger partial charge in [0.2, 0.25) is 5.91 Å². The van der Waals surface area contributed by atoms with Crippen LogP contribution in [0.3, 0.4) is 0 Å². The smallest absolute Gasteiger partial charge is 0.249 e. The summed E-state index contributed by atoms with van der Waals surface area (Å²) in [6.45, 7) is 4.06. The van der Waals surface area contributed by atoms with Gasteiger partial charge in [0, 0.05) is 0 Å². The van der Waals surface area contributed by atoms with Crippen LogP contribution < -0.4 is 5.32 Å². The molecule has 0 heterocycles. The summed E-state index contributed by atoms with van der Waals surface area (Å²) >= 11 is 0. The Bertz CT molecular complexity index is 1040. The molecule has 0 radical (unpaired) electrons. The maximum Gasteiger partial charge on any atom is 0.249 e. The molecule has 4 atom stereocenters. The summed E-state index contributed by atoms with van der Waals surface area (Å²) in [4.78, 5) is 12.6. The van der Waals surface area contributed by atoms with E-state index in [4.69, 9.17) is 0 Å². The number of unbranched alkanes of at least 4 members (excludes halogenated alkanes) is 33. The van der Waals surface area contributed by atoms with E-state index < -0.39 is 36.9 Å². The Morgan fingerprint density at radius 2 is 0.714 bits per heavy atom. The van der Waals surface area contributed by atoms with Crippen LogP contribution in [0.5, 0.6) is 0 Å². The van der Waals surface area contributed by atoms with E-state index in [1.807, 2.05) is 0 Å². The zero-order valence-electron chi connectivity index (χ0n) is 41.8. The normalized spacial score (nSPS) is 14.2. The molecule has 1 amide bonds. The molecular weight excluding hydrogens is 779 g/mol. The molecule has 0 aromatic carbocycles. The monoisotopic (exact) mass is 886 g/mol. The topological polar surface area (TPSA) is 110 Å². The highest BCUT2D eigenvalue weighted by Crippen LogP contribution is 2.16. The van der Waals surface area contributed by atoms with Crippen LogP contribution in [0.15, 0.2) is 48.6 Å². The zero-order valence-corrected chi connectivity index (χ0v) is 41.8. The SMILES string of the molecule is CCCCCCCCCCC/C=C\C/C=C\CCCCCCCCCCC(O)C(=O)NC(CO)C(O)C(O)CCC/C=C/CC/C=C/CCCCCCCCCCCCCCCC. The molecule has 6 heteroatoms. The number of hydrogen-bond acceptors (Lipinski definition) is 5. The minimum atomic E-state index is -1.29. The molecule has 0 aliphatic rings. The molecule has 0 aliphatic heterocycles. The number of hydrogen-bond donors (Lipinski definition) is 5. The fourth-order valence-electron chi connectivity index (χ4n) is 8.39. The second kappa shape index (κ2) is 51.3. The fourth-order valence-corrected chi connectivity index (χ4v) is 8.39. The van der Waals surface area contributed by atoms with Gasteiger partial charge in [-0.2, -0.15) is 0 Å². The van der Waals surface area contributed by atoms with Crippen LogP contribution in [0.1, 0.15) is 277 Å². The molecule has 0 fully saturated rings. The number of aliphatic hydroxyl groups is 4. The first-order valence-corrected chi connectivity index (χ1v) is 27.5. The molecular formula is C57H107NO5. The van der Waals surface area contributed by atoms with E-state index in [0.29, 0.717) is 19.3 Å². The number of nitrogens with one attached hydrogen (secondary N) is 1. The average Bonchev–Trinajstić information content (AvgIpc) is 3.29. The molecule has 63 heavy (non-hydrogen) atoms. The lowest BCUT2D eigenvalue weighted by Gasteiger charge is -2.27. The molecule has 0 saturated carbocycles. The summed E-state index contributed by atoms with van der Waals surface area (Å²) in [6, 6.07) is -1.01. The summed E-state index contributed by atoms with van der Waals surface area (Å²) in [7, 11) is 0. The van der Waals surface area contributed by atoms with Crippen molar-refractivity contribution in [3.8, 4) is 0 Å². The van der Waals surface area contributed by atoms with E-state index in [0.717, 1.165) is 51.4 Å². The number of rotatable bonds is 50. The van der Waals surface area contributed by atoms with Gasteiger partial charge in [-0.15, -0.1) is 0 Å². The summed E-state index contributed by atoms with van der Waals surface area (Å²) in [5, 5.41) is 43.9. The van der Waals surface area contributed by atoms with Crippen LogP contribution in [0.2, 0.25) is 0 Å². The van der Waals surface area contributed by atoms with E-state index in [1.165, 1.54) is 193 Å². The number of carbonyl (C=O) groups excluding carboxylic acids is 1. The third kappa shape index (κ3) is 45.2. The van der Waals surface area contributed by atoms with Gasteiger partial charge in [0.1, 0.15) is 12.2 Å². The Morgan fingerprint density at radius 3 is 1.10 bits per heavy atom.